The highest BCUT2D eigenvalue weighted by molar-refractivity contribution is 6.30. The first-order valence-electron chi connectivity index (χ1n) is 42.3. The van der Waals surface area contributed by atoms with Gasteiger partial charge < -0.3 is 52.7 Å². The number of fused-ring (bicyclic) bond motifs is 8. The number of nitrogens with one attached hydrogen (secondary N) is 1. The maximum absolute atomic E-state index is 13.5. The fourth-order valence-electron chi connectivity index (χ4n) is 20.1. The number of aromatic nitrogens is 4. The van der Waals surface area contributed by atoms with Crippen LogP contribution in [0.25, 0.3) is 0 Å². The van der Waals surface area contributed by atoms with Crippen molar-refractivity contribution in [2.24, 2.45) is 0 Å². The van der Waals surface area contributed by atoms with Gasteiger partial charge in [-0.05, 0) is 265 Å². The Hall–Kier alpha value is -8.85. The molecule has 648 valence electrons. The standard InChI is InChI=1S/C25H30F3N3O3.C24H30F3N3O2.2C22H28ClN3O.H2/c1-16-14-17(6-8-19(16)34-5)22(33)30-12-10-24(11-13-30)20-9-7-18(21(32)25(26,27)28)31(20)23(2,3)15-29(24)4;1-15(2)32-19-6-5-18(13-16(19)3)22(31)29-11-9-23(10-12-29)20-7-8-21(24(25,26)27)30(20)14-17(4)28-23;1-16(2)17-4-6-18(7-5-17)21(27)25-12-10-22(11-13-25)19-8-9-20(23)26(19)15-14-24(22)3;1-3-4-17-5-7-18(8-6-17)21(27)25-13-11-22(12-14-25)19-9-10-20(23)26(19)16-15-24(22)2;/h6-9,14H,10-13,15H2,1-5H3;5-8,13,15,17,28H,9-12,14H2,1-4H3;4-9,16H,10-15H2,1-3H3;5-10H,3-4,11-16H2,1-2H3;1H. The number of likely N-dealkylation sites (N-methyl/N-ethyl adjacent to an activating group) is 3. The molecule has 4 fully saturated rings. The van der Waals surface area contributed by atoms with Gasteiger partial charge in [-0.2, -0.15) is 26.3 Å². The van der Waals surface area contributed by atoms with Gasteiger partial charge >= 0.3 is 12.4 Å². The summed E-state index contributed by atoms with van der Waals surface area (Å²) in [7, 11) is 7.95. The molecule has 1 N–H and O–H groups in total. The zero-order valence-electron chi connectivity index (χ0n) is 71.7. The molecule has 120 heavy (non-hydrogen) atoms. The lowest BCUT2D eigenvalue weighted by Crippen LogP contribution is -2.61. The van der Waals surface area contributed by atoms with Crippen LogP contribution < -0.4 is 14.8 Å². The number of methoxy groups -OCH3 is 1. The number of Topliss-reactive ketones (excluding diaryl/α,β-unsaturated/α-hetero) is 1. The van der Waals surface area contributed by atoms with Gasteiger partial charge in [-0.1, -0.05) is 74.7 Å². The lowest BCUT2D eigenvalue weighted by molar-refractivity contribution is -0.144. The highest BCUT2D eigenvalue weighted by Gasteiger charge is 2.54. The summed E-state index contributed by atoms with van der Waals surface area (Å²) in [4.78, 5) is 79.1. The van der Waals surface area contributed by atoms with Crippen LogP contribution in [0.1, 0.15) is 223 Å². The first-order chi connectivity index (χ1) is 56.8. The molecule has 8 aliphatic rings. The lowest BCUT2D eigenvalue weighted by atomic mass is 9.78. The number of ketones is 1. The van der Waals surface area contributed by atoms with Gasteiger partial charge in [0.05, 0.1) is 46.6 Å². The number of benzene rings is 4. The zero-order chi connectivity index (χ0) is 86.5. The molecule has 0 aliphatic carbocycles. The summed E-state index contributed by atoms with van der Waals surface area (Å²) in [5.41, 5.74) is 8.34. The van der Waals surface area contributed by atoms with Gasteiger partial charge in [0.2, 0.25) is 0 Å². The molecular weight excluding hydrogens is 1580 g/mol. The summed E-state index contributed by atoms with van der Waals surface area (Å²) < 4.78 is 98.8. The van der Waals surface area contributed by atoms with Crippen molar-refractivity contribution < 1.29 is 61.2 Å². The van der Waals surface area contributed by atoms with Crippen molar-refractivity contribution in [1.82, 2.24) is 57.9 Å². The Morgan fingerprint density at radius 3 is 1.35 bits per heavy atom. The fourth-order valence-corrected chi connectivity index (χ4v) is 20.6. The van der Waals surface area contributed by atoms with Gasteiger partial charge in [0, 0.05) is 144 Å². The average molecular weight is 1700 g/mol. The van der Waals surface area contributed by atoms with Crippen molar-refractivity contribution >= 4 is 52.6 Å². The number of piperidine rings is 4. The van der Waals surface area contributed by atoms with Crippen molar-refractivity contribution in [3.05, 3.63) is 222 Å². The third-order valence-electron chi connectivity index (χ3n) is 26.7. The SMILES string of the molecule is CC(C)c1ccc(C(=O)N2CCC3(CC2)c2ccc(Cl)n2CCN3C)cc1.CCCc1ccc(C(=O)N2CCC3(CC2)c2ccc(Cl)n2CCN3C)cc1.COc1ccc(C(=O)N2CCC3(CC2)c2ccc(C(=O)C(F)(F)F)n2C(C)(C)CN3C)cc1C.Cc1cc(C(=O)N2CCC3(CC2)NC(C)Cn2c(C(F)(F)F)ccc23)ccc1OC(C)C.[HH]. The van der Waals surface area contributed by atoms with E-state index in [1.807, 2.05) is 114 Å². The van der Waals surface area contributed by atoms with Crippen LogP contribution in [0.3, 0.4) is 0 Å². The Balaban J connectivity index is 0.000000148. The maximum Gasteiger partial charge on any atom is 0.456 e. The van der Waals surface area contributed by atoms with Crippen molar-refractivity contribution in [2.45, 2.75) is 211 Å². The van der Waals surface area contributed by atoms with Crippen LogP contribution in [0.2, 0.25) is 10.3 Å². The van der Waals surface area contributed by atoms with E-state index in [2.05, 4.69) is 100 Å². The van der Waals surface area contributed by atoms with E-state index in [0.717, 1.165) is 129 Å². The molecule has 1 unspecified atom stereocenters. The van der Waals surface area contributed by atoms with Crippen LogP contribution in [0.4, 0.5) is 26.3 Å². The lowest BCUT2D eigenvalue weighted by Gasteiger charge is -2.55. The van der Waals surface area contributed by atoms with Crippen molar-refractivity contribution in [2.75, 3.05) is 100 Å². The molecule has 8 aliphatic heterocycles. The van der Waals surface area contributed by atoms with E-state index in [-0.39, 0.29) is 60.5 Å². The van der Waals surface area contributed by atoms with Gasteiger partial charge in [-0.15, -0.1) is 0 Å². The largest absolute Gasteiger partial charge is 0.496 e. The van der Waals surface area contributed by atoms with Crippen LogP contribution in [-0.4, -0.2) is 201 Å². The van der Waals surface area contributed by atoms with Crippen LogP contribution in [0.5, 0.6) is 11.5 Å². The van der Waals surface area contributed by atoms with E-state index in [4.69, 9.17) is 32.7 Å². The molecule has 0 radical (unpaired) electrons. The Kier molecular flexibility index (Phi) is 26.1. The predicted octanol–water partition coefficient (Wildman–Crippen LogP) is 17.8. The molecule has 27 heteroatoms. The number of ether oxygens (including phenoxy) is 2. The number of halogens is 8. The Morgan fingerprint density at radius 2 is 0.925 bits per heavy atom. The summed E-state index contributed by atoms with van der Waals surface area (Å²) in [6, 6.07) is 41.0. The second kappa shape index (κ2) is 35.2. The third-order valence-corrected chi connectivity index (χ3v) is 27.3. The van der Waals surface area contributed by atoms with Crippen molar-refractivity contribution in [1.29, 1.82) is 0 Å². The minimum absolute atomic E-state index is 0. The van der Waals surface area contributed by atoms with Gasteiger partial charge in [0.25, 0.3) is 29.4 Å². The smallest absolute Gasteiger partial charge is 0.456 e. The molecule has 19 nitrogen and oxygen atoms in total. The second-order valence-corrected chi connectivity index (χ2v) is 36.1. The number of hydrogen-bond donors (Lipinski definition) is 1. The molecule has 12 heterocycles. The van der Waals surface area contributed by atoms with Crippen LogP contribution in [0, 0.1) is 13.8 Å². The van der Waals surface area contributed by atoms with Crippen LogP contribution >= 0.6 is 23.2 Å². The summed E-state index contributed by atoms with van der Waals surface area (Å²) in [5.74, 6) is 0.285. The highest BCUT2D eigenvalue weighted by Crippen LogP contribution is 2.49. The number of nitrogens with zero attached hydrogens (tertiary/aromatic N) is 11. The Labute approximate surface area is 713 Å². The number of carbonyl (C=O) groups excluding carboxylic acids is 5. The number of rotatable bonds is 11. The maximum atomic E-state index is 13.5. The molecule has 1 atom stereocenters. The van der Waals surface area contributed by atoms with Gasteiger partial charge in [-0.25, -0.2) is 0 Å². The highest BCUT2D eigenvalue weighted by atomic mass is 35.5. The first kappa shape index (κ1) is 88.9. The summed E-state index contributed by atoms with van der Waals surface area (Å²) in [6.45, 7) is 29.4. The molecule has 8 aromatic rings. The van der Waals surface area contributed by atoms with Crippen molar-refractivity contribution in [3.63, 3.8) is 0 Å². The molecular formula is C93H118Cl2F6N12O7. The quantitative estimate of drug-likeness (QED) is 0.0970. The summed E-state index contributed by atoms with van der Waals surface area (Å²) in [6.07, 6.45) is -1.03. The third kappa shape index (κ3) is 17.5. The Morgan fingerprint density at radius 1 is 0.508 bits per heavy atom. The minimum atomic E-state index is -4.94. The summed E-state index contributed by atoms with van der Waals surface area (Å²) in [5, 5.41) is 5.19. The topological polar surface area (TPSA) is 158 Å². The van der Waals surface area contributed by atoms with Gasteiger partial charge in [0.15, 0.2) is 0 Å². The fraction of sp³-hybridized carbons (Fsp3) is 0.516. The molecule has 0 bridgehead atoms. The molecule has 4 saturated heterocycles. The molecule has 0 saturated carbocycles. The second-order valence-electron chi connectivity index (χ2n) is 35.3. The molecule has 16 rings (SSSR count). The van der Waals surface area contributed by atoms with Gasteiger partial charge in [0.1, 0.15) is 27.5 Å². The monoisotopic (exact) mass is 1700 g/mol. The number of alkyl halides is 6. The number of likely N-dealkylation sites (tertiary alicyclic amines) is 4. The number of hydrogen-bond acceptors (Lipinski definition) is 11. The van der Waals surface area contributed by atoms with Crippen LogP contribution in [0.15, 0.2) is 133 Å². The normalized spacial score (nSPS) is 19.8. The molecule has 4 aromatic carbocycles. The van der Waals surface area contributed by atoms with Gasteiger partial charge in [-0.3, -0.25) is 38.7 Å². The van der Waals surface area contributed by atoms with E-state index in [9.17, 15) is 50.3 Å². The number of aryl methyl sites for hydroxylation is 3. The molecule has 4 aromatic heterocycles. The number of carbonyl (C=O) groups is 5. The minimum Gasteiger partial charge on any atom is -0.496 e. The van der Waals surface area contributed by atoms with E-state index in [1.165, 1.54) is 39.2 Å². The molecule has 4 spiro atoms. The Bertz CT molecular complexity index is 5040. The number of amides is 4. The van der Waals surface area contributed by atoms with Crippen LogP contribution in [-0.2, 0) is 59.9 Å². The van der Waals surface area contributed by atoms with Crippen molar-refractivity contribution in [3.8, 4) is 11.5 Å². The average Bonchev–Trinajstić information content (AvgIpc) is 1.62. The van der Waals surface area contributed by atoms with E-state index >= 15 is 0 Å². The molecule has 4 amide bonds. The first-order valence-corrected chi connectivity index (χ1v) is 43.1. The summed E-state index contributed by atoms with van der Waals surface area (Å²) >= 11 is 12.8. The van der Waals surface area contributed by atoms with E-state index in [0.29, 0.717) is 92.6 Å². The van der Waals surface area contributed by atoms with E-state index in [1.54, 1.807) is 57.9 Å². The predicted molar refractivity (Wildman–Crippen MR) is 458 cm³/mol. The zero-order valence-corrected chi connectivity index (χ0v) is 73.2. The van der Waals surface area contributed by atoms with E-state index < -0.39 is 40.4 Å².